The van der Waals surface area contributed by atoms with E-state index < -0.39 is 0 Å². The summed E-state index contributed by atoms with van der Waals surface area (Å²) in [5.74, 6) is 1.55. The van der Waals surface area contributed by atoms with E-state index in [1.165, 1.54) is 4.68 Å². The van der Waals surface area contributed by atoms with E-state index in [4.69, 9.17) is 11.6 Å². The number of halogens is 1. The van der Waals surface area contributed by atoms with Crippen molar-refractivity contribution >= 4 is 23.3 Å². The molecule has 0 saturated heterocycles. The van der Waals surface area contributed by atoms with Crippen molar-refractivity contribution in [1.29, 1.82) is 0 Å². The van der Waals surface area contributed by atoms with Crippen LogP contribution in [-0.4, -0.2) is 25.7 Å². The fourth-order valence-corrected chi connectivity index (χ4v) is 1.96. The number of aryl methyl sites for hydroxylation is 1. The average Bonchev–Trinajstić information content (AvgIpc) is 3.17. The standard InChI is InChI=1S/C12H12ClN5O/c1-18-10(4-9(13)17-18)16-12(19)8-5-14-11(15-6-8)7-2-3-7/h4-7H,2-3H2,1H3,(H,16,19). The van der Waals surface area contributed by atoms with Gasteiger partial charge < -0.3 is 5.32 Å². The first-order valence-corrected chi connectivity index (χ1v) is 6.34. The number of hydrogen-bond acceptors (Lipinski definition) is 4. The molecule has 7 heteroatoms. The summed E-state index contributed by atoms with van der Waals surface area (Å²) in [7, 11) is 1.70. The molecule has 1 fully saturated rings. The number of nitrogens with zero attached hydrogens (tertiary/aromatic N) is 4. The number of nitrogens with one attached hydrogen (secondary N) is 1. The summed E-state index contributed by atoms with van der Waals surface area (Å²) in [5.41, 5.74) is 0.418. The smallest absolute Gasteiger partial charge is 0.259 e. The van der Waals surface area contributed by atoms with Gasteiger partial charge in [0.15, 0.2) is 5.15 Å². The van der Waals surface area contributed by atoms with E-state index in [1.54, 1.807) is 25.5 Å². The zero-order valence-electron chi connectivity index (χ0n) is 10.3. The second-order valence-corrected chi connectivity index (χ2v) is 4.92. The zero-order valence-corrected chi connectivity index (χ0v) is 11.1. The van der Waals surface area contributed by atoms with Gasteiger partial charge in [-0.25, -0.2) is 9.97 Å². The third-order valence-electron chi connectivity index (χ3n) is 2.97. The van der Waals surface area contributed by atoms with Crippen molar-refractivity contribution in [3.8, 4) is 0 Å². The Hall–Kier alpha value is -1.95. The maximum atomic E-state index is 12.0. The Balaban J connectivity index is 1.74. The Kier molecular flexibility index (Phi) is 2.94. The molecule has 1 amide bonds. The summed E-state index contributed by atoms with van der Waals surface area (Å²) in [6, 6.07) is 1.58. The fourth-order valence-electron chi connectivity index (χ4n) is 1.75. The molecule has 0 aromatic carbocycles. The topological polar surface area (TPSA) is 72.7 Å². The van der Waals surface area contributed by atoms with Crippen LogP contribution in [0.5, 0.6) is 0 Å². The van der Waals surface area contributed by atoms with Crippen molar-refractivity contribution in [3.05, 3.63) is 35.0 Å². The lowest BCUT2D eigenvalue weighted by molar-refractivity contribution is 0.102. The van der Waals surface area contributed by atoms with Crippen LogP contribution in [0.25, 0.3) is 0 Å². The second kappa shape index (κ2) is 4.62. The molecule has 1 saturated carbocycles. The Morgan fingerprint density at radius 2 is 2.11 bits per heavy atom. The van der Waals surface area contributed by atoms with Crippen LogP contribution in [0.4, 0.5) is 5.82 Å². The van der Waals surface area contributed by atoms with Gasteiger partial charge in [0.2, 0.25) is 0 Å². The maximum Gasteiger partial charge on any atom is 0.259 e. The van der Waals surface area contributed by atoms with E-state index in [9.17, 15) is 4.79 Å². The zero-order chi connectivity index (χ0) is 13.4. The fraction of sp³-hybridized carbons (Fsp3) is 0.333. The van der Waals surface area contributed by atoms with Gasteiger partial charge in [-0.1, -0.05) is 11.6 Å². The lowest BCUT2D eigenvalue weighted by Gasteiger charge is -2.04. The molecule has 0 unspecified atom stereocenters. The molecular formula is C12H12ClN5O. The minimum absolute atomic E-state index is 0.276. The van der Waals surface area contributed by atoms with Crippen LogP contribution in [0.1, 0.15) is 34.9 Å². The van der Waals surface area contributed by atoms with Gasteiger partial charge in [0.25, 0.3) is 5.91 Å². The summed E-state index contributed by atoms with van der Waals surface area (Å²) >= 11 is 5.75. The van der Waals surface area contributed by atoms with Crippen LogP contribution in [-0.2, 0) is 7.05 Å². The van der Waals surface area contributed by atoms with Gasteiger partial charge in [0.05, 0.1) is 5.56 Å². The third kappa shape index (κ3) is 2.58. The minimum atomic E-state index is -0.276. The van der Waals surface area contributed by atoms with E-state index in [-0.39, 0.29) is 5.91 Å². The molecule has 2 aromatic rings. The molecule has 2 aromatic heterocycles. The minimum Gasteiger partial charge on any atom is -0.307 e. The molecule has 1 N–H and O–H groups in total. The first-order chi connectivity index (χ1) is 9.13. The molecule has 6 nitrogen and oxygen atoms in total. The first-order valence-electron chi connectivity index (χ1n) is 5.96. The van der Waals surface area contributed by atoms with Gasteiger partial charge >= 0.3 is 0 Å². The average molecular weight is 278 g/mol. The summed E-state index contributed by atoms with van der Waals surface area (Å²) in [5, 5.41) is 6.98. The molecule has 1 aliphatic rings. The van der Waals surface area contributed by atoms with Crippen LogP contribution in [0.3, 0.4) is 0 Å². The third-order valence-corrected chi connectivity index (χ3v) is 3.15. The SMILES string of the molecule is Cn1nc(Cl)cc1NC(=O)c1cnc(C2CC2)nc1. The molecule has 19 heavy (non-hydrogen) atoms. The molecule has 0 atom stereocenters. The van der Waals surface area contributed by atoms with Crippen molar-refractivity contribution in [3.63, 3.8) is 0 Å². The van der Waals surface area contributed by atoms with E-state index in [0.717, 1.165) is 18.7 Å². The van der Waals surface area contributed by atoms with Crippen molar-refractivity contribution in [2.75, 3.05) is 5.32 Å². The highest BCUT2D eigenvalue weighted by atomic mass is 35.5. The van der Waals surface area contributed by atoms with Gasteiger partial charge in [-0.05, 0) is 12.8 Å². The highest BCUT2D eigenvalue weighted by Crippen LogP contribution is 2.37. The van der Waals surface area contributed by atoms with Crippen LogP contribution in [0.2, 0.25) is 5.15 Å². The largest absolute Gasteiger partial charge is 0.307 e. The van der Waals surface area contributed by atoms with Crippen LogP contribution in [0, 0.1) is 0 Å². The maximum absolute atomic E-state index is 12.0. The Bertz CT molecular complexity index is 618. The number of carbonyl (C=O) groups excluding carboxylic acids is 1. The highest BCUT2D eigenvalue weighted by Gasteiger charge is 2.26. The van der Waals surface area contributed by atoms with E-state index in [2.05, 4.69) is 20.4 Å². The highest BCUT2D eigenvalue weighted by molar-refractivity contribution is 6.29. The predicted molar refractivity (Wildman–Crippen MR) is 70.2 cm³/mol. The molecule has 1 aliphatic carbocycles. The van der Waals surface area contributed by atoms with E-state index in [1.807, 2.05) is 0 Å². The summed E-state index contributed by atoms with van der Waals surface area (Å²) in [4.78, 5) is 20.4. The number of hydrogen-bond donors (Lipinski definition) is 1. The molecule has 2 heterocycles. The van der Waals surface area contributed by atoms with Crippen molar-refractivity contribution in [2.45, 2.75) is 18.8 Å². The quantitative estimate of drug-likeness (QED) is 0.931. The molecule has 0 radical (unpaired) electrons. The Labute approximate surface area is 114 Å². The summed E-state index contributed by atoms with van der Waals surface area (Å²) in [6.07, 6.45) is 5.38. The van der Waals surface area contributed by atoms with Gasteiger partial charge in [-0.15, -0.1) is 0 Å². The number of carbonyl (C=O) groups is 1. The van der Waals surface area contributed by atoms with E-state index in [0.29, 0.717) is 22.5 Å². The molecular weight excluding hydrogens is 266 g/mol. The molecule has 0 aliphatic heterocycles. The van der Waals surface area contributed by atoms with Crippen molar-refractivity contribution in [2.24, 2.45) is 7.05 Å². The lowest BCUT2D eigenvalue weighted by atomic mass is 10.3. The van der Waals surface area contributed by atoms with Gasteiger partial charge in [0.1, 0.15) is 11.6 Å². The van der Waals surface area contributed by atoms with Gasteiger partial charge in [-0.2, -0.15) is 5.10 Å². The lowest BCUT2D eigenvalue weighted by Crippen LogP contribution is -2.15. The van der Waals surface area contributed by atoms with Gasteiger partial charge in [-0.3, -0.25) is 9.48 Å². The molecule has 98 valence electrons. The number of amides is 1. The first kappa shape index (κ1) is 12.1. The van der Waals surface area contributed by atoms with Crippen molar-refractivity contribution in [1.82, 2.24) is 19.7 Å². The van der Waals surface area contributed by atoms with Crippen molar-refractivity contribution < 1.29 is 4.79 Å². The Morgan fingerprint density at radius 1 is 1.42 bits per heavy atom. The van der Waals surface area contributed by atoms with Gasteiger partial charge in [0, 0.05) is 31.4 Å². The summed E-state index contributed by atoms with van der Waals surface area (Å²) in [6.45, 7) is 0. The summed E-state index contributed by atoms with van der Waals surface area (Å²) < 4.78 is 1.50. The van der Waals surface area contributed by atoms with E-state index >= 15 is 0 Å². The normalized spacial score (nSPS) is 14.4. The molecule has 0 bridgehead atoms. The molecule has 0 spiro atoms. The van der Waals surface area contributed by atoms with Crippen LogP contribution in [0.15, 0.2) is 18.5 Å². The number of anilines is 1. The second-order valence-electron chi connectivity index (χ2n) is 4.53. The number of aromatic nitrogens is 4. The van der Waals surface area contributed by atoms with Crippen LogP contribution >= 0.6 is 11.6 Å². The predicted octanol–water partition coefficient (Wildman–Crippen LogP) is 1.99. The Morgan fingerprint density at radius 3 is 2.63 bits per heavy atom. The van der Waals surface area contributed by atoms with Crippen LogP contribution < -0.4 is 5.32 Å². The molecule has 3 rings (SSSR count). The monoisotopic (exact) mass is 277 g/mol. The number of rotatable bonds is 3.